The van der Waals surface area contributed by atoms with Gasteiger partial charge in [0, 0.05) is 24.2 Å². The Hall–Kier alpha value is -3.80. The standard InChI is InChI=1S/C28H32N2O4/c1-20(2)18-21-9-11-22(12-10-21)19-29-24-15-13-23(14-16-24)28(33)30-25-6-3-4-7-26(25)34-17-5-8-27(31)32/h3-4,6-7,9-16,20,29H,5,8,17-19H2,1-2H3,(H,30,33)(H,31,32). The van der Waals surface area contributed by atoms with Crippen LogP contribution in [-0.2, 0) is 17.8 Å². The Bertz CT molecular complexity index is 1080. The minimum atomic E-state index is -0.859. The second kappa shape index (κ2) is 12.4. The number of para-hydroxylation sites is 2. The smallest absolute Gasteiger partial charge is 0.303 e. The largest absolute Gasteiger partial charge is 0.491 e. The van der Waals surface area contributed by atoms with E-state index in [0.29, 0.717) is 35.9 Å². The first-order valence-electron chi connectivity index (χ1n) is 11.6. The number of aliphatic carboxylic acids is 1. The number of carboxylic acids is 1. The van der Waals surface area contributed by atoms with E-state index in [1.54, 1.807) is 30.3 Å². The zero-order valence-corrected chi connectivity index (χ0v) is 19.7. The van der Waals surface area contributed by atoms with Crippen LogP contribution in [0.15, 0.2) is 72.8 Å². The Morgan fingerprint density at radius 3 is 2.26 bits per heavy atom. The van der Waals surface area contributed by atoms with Gasteiger partial charge in [0.15, 0.2) is 0 Å². The third-order valence-electron chi connectivity index (χ3n) is 5.24. The summed E-state index contributed by atoms with van der Waals surface area (Å²) in [4.78, 5) is 23.4. The molecule has 0 heterocycles. The predicted octanol–water partition coefficient (Wildman–Crippen LogP) is 5.99. The normalized spacial score (nSPS) is 10.7. The molecule has 0 saturated carbocycles. The van der Waals surface area contributed by atoms with Gasteiger partial charge in [0.05, 0.1) is 12.3 Å². The van der Waals surface area contributed by atoms with Crippen LogP contribution < -0.4 is 15.4 Å². The monoisotopic (exact) mass is 460 g/mol. The summed E-state index contributed by atoms with van der Waals surface area (Å²) in [7, 11) is 0. The molecule has 3 aromatic carbocycles. The van der Waals surface area contributed by atoms with Gasteiger partial charge in [-0.25, -0.2) is 0 Å². The molecule has 3 aromatic rings. The number of anilines is 2. The molecule has 178 valence electrons. The minimum Gasteiger partial charge on any atom is -0.491 e. The molecule has 0 atom stereocenters. The molecule has 0 radical (unpaired) electrons. The first kappa shape index (κ1) is 24.8. The lowest BCUT2D eigenvalue weighted by Gasteiger charge is -2.13. The Balaban J connectivity index is 1.53. The summed E-state index contributed by atoms with van der Waals surface area (Å²) in [6, 6.07) is 23.1. The van der Waals surface area contributed by atoms with Crippen molar-refractivity contribution < 1.29 is 19.4 Å². The summed E-state index contributed by atoms with van der Waals surface area (Å²) in [5, 5.41) is 15.0. The fourth-order valence-electron chi connectivity index (χ4n) is 3.50. The molecule has 0 fully saturated rings. The summed E-state index contributed by atoms with van der Waals surface area (Å²) in [6.45, 7) is 5.41. The van der Waals surface area contributed by atoms with E-state index in [4.69, 9.17) is 9.84 Å². The average molecular weight is 461 g/mol. The Morgan fingerprint density at radius 1 is 0.912 bits per heavy atom. The van der Waals surface area contributed by atoms with Crippen LogP contribution in [0.3, 0.4) is 0 Å². The number of ether oxygens (including phenoxy) is 1. The molecule has 3 rings (SSSR count). The zero-order valence-electron chi connectivity index (χ0n) is 19.7. The first-order valence-corrected chi connectivity index (χ1v) is 11.6. The lowest BCUT2D eigenvalue weighted by molar-refractivity contribution is -0.137. The number of carboxylic acid groups (broad SMARTS) is 1. The molecular weight excluding hydrogens is 428 g/mol. The van der Waals surface area contributed by atoms with Gasteiger partial charge in [-0.05, 0) is 66.3 Å². The molecule has 0 aliphatic carbocycles. The fourth-order valence-corrected chi connectivity index (χ4v) is 3.50. The molecule has 6 heteroatoms. The van der Waals surface area contributed by atoms with Crippen LogP contribution in [0.4, 0.5) is 11.4 Å². The van der Waals surface area contributed by atoms with E-state index in [9.17, 15) is 9.59 Å². The maximum absolute atomic E-state index is 12.7. The SMILES string of the molecule is CC(C)Cc1ccc(CNc2ccc(C(=O)Nc3ccccc3OCCCC(=O)O)cc2)cc1. The number of amides is 1. The second-order valence-corrected chi connectivity index (χ2v) is 8.64. The molecule has 0 aromatic heterocycles. The summed E-state index contributed by atoms with van der Waals surface area (Å²) in [5.41, 5.74) is 4.57. The van der Waals surface area contributed by atoms with Crippen molar-refractivity contribution in [2.45, 2.75) is 39.7 Å². The Morgan fingerprint density at radius 2 is 1.59 bits per heavy atom. The average Bonchev–Trinajstić information content (AvgIpc) is 2.82. The zero-order chi connectivity index (χ0) is 24.3. The molecule has 34 heavy (non-hydrogen) atoms. The third-order valence-corrected chi connectivity index (χ3v) is 5.24. The van der Waals surface area contributed by atoms with Crippen molar-refractivity contribution in [3.8, 4) is 5.75 Å². The van der Waals surface area contributed by atoms with Crippen LogP contribution in [0.25, 0.3) is 0 Å². The summed E-state index contributed by atoms with van der Waals surface area (Å²) in [6.07, 6.45) is 1.52. The summed E-state index contributed by atoms with van der Waals surface area (Å²) in [5.74, 6) is 0.0556. The van der Waals surface area contributed by atoms with Crippen LogP contribution in [0.5, 0.6) is 5.75 Å². The quantitative estimate of drug-likeness (QED) is 0.289. The number of carbonyl (C=O) groups is 2. The molecule has 0 spiro atoms. The van der Waals surface area contributed by atoms with Gasteiger partial charge in [-0.3, -0.25) is 9.59 Å². The molecule has 3 N–H and O–H groups in total. The fraction of sp³-hybridized carbons (Fsp3) is 0.286. The molecule has 1 amide bonds. The van der Waals surface area contributed by atoms with Crippen LogP contribution in [0.1, 0.15) is 48.2 Å². The topological polar surface area (TPSA) is 87.7 Å². The summed E-state index contributed by atoms with van der Waals surface area (Å²) < 4.78 is 5.66. The molecule has 0 unspecified atom stereocenters. The van der Waals surface area contributed by atoms with Gasteiger partial charge in [-0.15, -0.1) is 0 Å². The van der Waals surface area contributed by atoms with Crippen molar-refractivity contribution in [3.05, 3.63) is 89.5 Å². The minimum absolute atomic E-state index is 0.0400. The Kier molecular flexibility index (Phi) is 9.09. The highest BCUT2D eigenvalue weighted by molar-refractivity contribution is 6.05. The lowest BCUT2D eigenvalue weighted by atomic mass is 10.0. The van der Waals surface area contributed by atoms with E-state index in [0.717, 1.165) is 12.1 Å². The lowest BCUT2D eigenvalue weighted by Crippen LogP contribution is -2.13. The highest BCUT2D eigenvalue weighted by Gasteiger charge is 2.10. The molecule has 6 nitrogen and oxygen atoms in total. The van der Waals surface area contributed by atoms with Crippen molar-refractivity contribution in [1.82, 2.24) is 0 Å². The van der Waals surface area contributed by atoms with E-state index < -0.39 is 5.97 Å². The highest BCUT2D eigenvalue weighted by atomic mass is 16.5. The van der Waals surface area contributed by atoms with Gasteiger partial charge in [0.1, 0.15) is 5.75 Å². The molecule has 0 bridgehead atoms. The number of carbonyl (C=O) groups excluding carboxylic acids is 1. The van der Waals surface area contributed by atoms with E-state index in [1.807, 2.05) is 18.2 Å². The third kappa shape index (κ3) is 7.96. The molecule has 0 aliphatic rings. The van der Waals surface area contributed by atoms with Crippen molar-refractivity contribution in [2.75, 3.05) is 17.2 Å². The highest BCUT2D eigenvalue weighted by Crippen LogP contribution is 2.25. The van der Waals surface area contributed by atoms with Gasteiger partial charge in [0.25, 0.3) is 5.91 Å². The van der Waals surface area contributed by atoms with E-state index >= 15 is 0 Å². The molecular formula is C28H32N2O4. The van der Waals surface area contributed by atoms with Crippen molar-refractivity contribution >= 4 is 23.3 Å². The van der Waals surface area contributed by atoms with Crippen molar-refractivity contribution in [1.29, 1.82) is 0 Å². The van der Waals surface area contributed by atoms with Crippen LogP contribution in [0, 0.1) is 5.92 Å². The number of hydrogen-bond donors (Lipinski definition) is 3. The van der Waals surface area contributed by atoms with Crippen LogP contribution in [0.2, 0.25) is 0 Å². The maximum Gasteiger partial charge on any atom is 0.303 e. The van der Waals surface area contributed by atoms with Gasteiger partial charge in [-0.1, -0.05) is 50.2 Å². The number of nitrogens with one attached hydrogen (secondary N) is 2. The van der Waals surface area contributed by atoms with E-state index in [2.05, 4.69) is 48.7 Å². The molecule has 0 aliphatic heterocycles. The van der Waals surface area contributed by atoms with Crippen molar-refractivity contribution in [3.63, 3.8) is 0 Å². The van der Waals surface area contributed by atoms with Gasteiger partial charge >= 0.3 is 5.97 Å². The number of hydrogen-bond acceptors (Lipinski definition) is 4. The van der Waals surface area contributed by atoms with E-state index in [-0.39, 0.29) is 18.9 Å². The number of rotatable bonds is 12. The molecule has 0 saturated heterocycles. The summed E-state index contributed by atoms with van der Waals surface area (Å²) >= 11 is 0. The first-order chi connectivity index (χ1) is 16.4. The maximum atomic E-state index is 12.7. The Labute approximate surface area is 201 Å². The predicted molar refractivity (Wildman–Crippen MR) is 136 cm³/mol. The van der Waals surface area contributed by atoms with Crippen LogP contribution >= 0.6 is 0 Å². The van der Waals surface area contributed by atoms with E-state index in [1.165, 1.54) is 11.1 Å². The number of benzene rings is 3. The van der Waals surface area contributed by atoms with Crippen molar-refractivity contribution in [2.24, 2.45) is 5.92 Å². The van der Waals surface area contributed by atoms with Gasteiger partial charge in [-0.2, -0.15) is 0 Å². The van der Waals surface area contributed by atoms with Crippen LogP contribution in [-0.4, -0.2) is 23.6 Å². The second-order valence-electron chi connectivity index (χ2n) is 8.64. The van der Waals surface area contributed by atoms with Gasteiger partial charge in [0.2, 0.25) is 0 Å². The van der Waals surface area contributed by atoms with Gasteiger partial charge < -0.3 is 20.5 Å².